The van der Waals surface area contributed by atoms with Crippen molar-refractivity contribution in [3.63, 3.8) is 0 Å². The van der Waals surface area contributed by atoms with Gasteiger partial charge < -0.3 is 4.74 Å². The summed E-state index contributed by atoms with van der Waals surface area (Å²) in [5.74, 6) is 2.16. The van der Waals surface area contributed by atoms with Crippen LogP contribution in [0.25, 0.3) is 0 Å². The maximum absolute atomic E-state index is 9.32. The van der Waals surface area contributed by atoms with E-state index in [0.717, 1.165) is 31.1 Å². The molecule has 0 aromatic carbocycles. The largest absolute Gasteiger partial charge is 0.385 e. The first kappa shape index (κ1) is 16.9. The maximum atomic E-state index is 9.32. The lowest BCUT2D eigenvalue weighted by Gasteiger charge is -2.41. The van der Waals surface area contributed by atoms with E-state index in [0.29, 0.717) is 10.7 Å². The van der Waals surface area contributed by atoms with Gasteiger partial charge in [0.25, 0.3) is 0 Å². The monoisotopic (exact) mass is 283 g/mol. The summed E-state index contributed by atoms with van der Waals surface area (Å²) in [5, 5.41) is 9.86. The predicted molar refractivity (Wildman–Crippen MR) is 83.3 cm³/mol. The Hall–Kier alpha value is -0.200. The first-order valence-corrected chi connectivity index (χ1v) is 8.60. The fraction of sp³-hybridized carbons (Fsp3) is 0.938. The molecule has 0 N–H and O–H groups in total. The van der Waals surface area contributed by atoms with E-state index in [9.17, 15) is 5.26 Å². The van der Waals surface area contributed by atoms with Gasteiger partial charge in [-0.3, -0.25) is 0 Å². The van der Waals surface area contributed by atoms with Gasteiger partial charge in [-0.25, -0.2) is 0 Å². The van der Waals surface area contributed by atoms with Crippen molar-refractivity contribution < 1.29 is 4.74 Å². The van der Waals surface area contributed by atoms with E-state index < -0.39 is 0 Å². The molecule has 1 rings (SSSR count). The summed E-state index contributed by atoms with van der Waals surface area (Å²) in [6, 6.07) is 2.53. The lowest BCUT2D eigenvalue weighted by atomic mass is 9.67. The summed E-state index contributed by atoms with van der Waals surface area (Å²) in [4.78, 5) is 0. The highest BCUT2D eigenvalue weighted by atomic mass is 32.2. The Morgan fingerprint density at radius 3 is 2.68 bits per heavy atom. The van der Waals surface area contributed by atoms with Gasteiger partial charge in [0.05, 0.1) is 12.0 Å². The van der Waals surface area contributed by atoms with Crippen LogP contribution in [0.3, 0.4) is 0 Å². The van der Waals surface area contributed by atoms with Crippen LogP contribution < -0.4 is 0 Å². The van der Waals surface area contributed by atoms with Crippen LogP contribution in [0.5, 0.6) is 0 Å². The first-order chi connectivity index (χ1) is 9.05. The summed E-state index contributed by atoms with van der Waals surface area (Å²) in [7, 11) is 1.75. The van der Waals surface area contributed by atoms with Crippen LogP contribution in [0.1, 0.15) is 52.9 Å². The van der Waals surface area contributed by atoms with Crippen molar-refractivity contribution in [2.24, 2.45) is 17.3 Å². The zero-order valence-electron chi connectivity index (χ0n) is 12.9. The second-order valence-corrected chi connectivity index (χ2v) is 7.69. The maximum Gasteiger partial charge on any atom is 0.0667 e. The molecule has 3 heteroatoms. The van der Waals surface area contributed by atoms with Gasteiger partial charge in [0.1, 0.15) is 0 Å². The van der Waals surface area contributed by atoms with Gasteiger partial charge in [-0.15, -0.1) is 0 Å². The van der Waals surface area contributed by atoms with Crippen LogP contribution in [0.2, 0.25) is 0 Å². The summed E-state index contributed by atoms with van der Waals surface area (Å²) in [5.41, 5.74) is 0.422. The summed E-state index contributed by atoms with van der Waals surface area (Å²) >= 11 is 2.00. The standard InChI is InChI=1S/C16H29NOS/c1-5-16(2,3)14-8-7-13(12-17)15(11-14)19-10-6-9-18-4/h13-15H,5-11H2,1-4H3. The molecule has 3 atom stereocenters. The minimum absolute atomic E-state index is 0.261. The van der Waals surface area contributed by atoms with Crippen molar-refractivity contribution in [2.45, 2.75) is 58.1 Å². The summed E-state index contributed by atoms with van der Waals surface area (Å²) < 4.78 is 5.10. The molecule has 0 bridgehead atoms. The van der Waals surface area contributed by atoms with Gasteiger partial charge in [-0.2, -0.15) is 17.0 Å². The quantitative estimate of drug-likeness (QED) is 0.645. The first-order valence-electron chi connectivity index (χ1n) is 7.55. The molecule has 0 spiro atoms. The minimum atomic E-state index is 0.261. The highest BCUT2D eigenvalue weighted by Gasteiger charge is 2.37. The van der Waals surface area contributed by atoms with Crippen LogP contribution in [0, 0.1) is 28.6 Å². The van der Waals surface area contributed by atoms with E-state index in [4.69, 9.17) is 4.74 Å². The normalized spacial score (nSPS) is 28.1. The SMILES string of the molecule is CCC(C)(C)C1CCC(C#N)C(SCCCOC)C1. The lowest BCUT2D eigenvalue weighted by molar-refractivity contribution is 0.144. The number of rotatable bonds is 7. The third kappa shape index (κ3) is 5.00. The molecule has 0 radical (unpaired) electrons. The number of methoxy groups -OCH3 is 1. The fourth-order valence-electron chi connectivity index (χ4n) is 2.90. The topological polar surface area (TPSA) is 33.0 Å². The van der Waals surface area contributed by atoms with Crippen molar-refractivity contribution >= 4 is 11.8 Å². The number of hydrogen-bond acceptors (Lipinski definition) is 3. The molecule has 0 aliphatic heterocycles. The van der Waals surface area contributed by atoms with E-state index in [1.807, 2.05) is 11.8 Å². The molecule has 1 aliphatic rings. The Morgan fingerprint density at radius 1 is 1.37 bits per heavy atom. The van der Waals surface area contributed by atoms with Crippen LogP contribution in [0.15, 0.2) is 0 Å². The van der Waals surface area contributed by atoms with Crippen LogP contribution in [0.4, 0.5) is 0 Å². The molecule has 0 aromatic heterocycles. The van der Waals surface area contributed by atoms with E-state index in [2.05, 4.69) is 26.8 Å². The second kappa shape index (κ2) is 8.17. The average molecular weight is 283 g/mol. The Morgan fingerprint density at radius 2 is 2.11 bits per heavy atom. The van der Waals surface area contributed by atoms with Crippen LogP contribution in [-0.2, 0) is 4.74 Å². The number of nitriles is 1. The molecule has 2 nitrogen and oxygen atoms in total. The molecule has 0 heterocycles. The van der Waals surface area contributed by atoms with Crippen molar-refractivity contribution in [3.8, 4) is 6.07 Å². The summed E-state index contributed by atoms with van der Waals surface area (Å²) in [6.07, 6.45) is 5.87. The van der Waals surface area contributed by atoms with Gasteiger partial charge in [-0.05, 0) is 42.8 Å². The Kier molecular flexibility index (Phi) is 7.25. The van der Waals surface area contributed by atoms with E-state index in [1.165, 1.54) is 19.3 Å². The van der Waals surface area contributed by atoms with Crippen molar-refractivity contribution in [1.82, 2.24) is 0 Å². The second-order valence-electron chi connectivity index (χ2n) is 6.34. The van der Waals surface area contributed by atoms with Gasteiger partial charge in [0.15, 0.2) is 0 Å². The third-order valence-electron chi connectivity index (χ3n) is 4.80. The molecule has 1 saturated carbocycles. The van der Waals surface area contributed by atoms with E-state index in [-0.39, 0.29) is 5.92 Å². The molecule has 1 fully saturated rings. The van der Waals surface area contributed by atoms with E-state index >= 15 is 0 Å². The highest BCUT2D eigenvalue weighted by Crippen LogP contribution is 2.45. The molecule has 3 unspecified atom stereocenters. The Labute approximate surface area is 123 Å². The molecular weight excluding hydrogens is 254 g/mol. The van der Waals surface area contributed by atoms with Gasteiger partial charge in [-0.1, -0.05) is 27.2 Å². The predicted octanol–water partition coefficient (Wildman–Crippen LogP) is 4.50. The fourth-order valence-corrected chi connectivity index (χ4v) is 4.28. The molecule has 0 saturated heterocycles. The zero-order valence-corrected chi connectivity index (χ0v) is 13.8. The smallest absolute Gasteiger partial charge is 0.0667 e. The average Bonchev–Trinajstić information content (AvgIpc) is 2.43. The molecule has 110 valence electrons. The van der Waals surface area contributed by atoms with Crippen molar-refractivity contribution in [1.29, 1.82) is 5.26 Å². The number of hydrogen-bond donors (Lipinski definition) is 0. The van der Waals surface area contributed by atoms with Crippen molar-refractivity contribution in [2.75, 3.05) is 19.5 Å². The number of nitrogens with zero attached hydrogens (tertiary/aromatic N) is 1. The van der Waals surface area contributed by atoms with Crippen LogP contribution >= 0.6 is 11.8 Å². The van der Waals surface area contributed by atoms with Crippen LogP contribution in [-0.4, -0.2) is 24.7 Å². The molecule has 0 amide bonds. The molecule has 19 heavy (non-hydrogen) atoms. The van der Waals surface area contributed by atoms with Crippen molar-refractivity contribution in [3.05, 3.63) is 0 Å². The summed E-state index contributed by atoms with van der Waals surface area (Å²) in [6.45, 7) is 7.89. The molecular formula is C16H29NOS. The molecule has 0 aromatic rings. The van der Waals surface area contributed by atoms with Gasteiger partial charge in [0, 0.05) is 19.0 Å². The van der Waals surface area contributed by atoms with E-state index in [1.54, 1.807) is 7.11 Å². The number of thioether (sulfide) groups is 1. The third-order valence-corrected chi connectivity index (χ3v) is 6.27. The Bertz CT molecular complexity index is 298. The lowest BCUT2D eigenvalue weighted by Crippen LogP contribution is -2.34. The van der Waals surface area contributed by atoms with Gasteiger partial charge in [0.2, 0.25) is 0 Å². The van der Waals surface area contributed by atoms with Gasteiger partial charge >= 0.3 is 0 Å². The zero-order chi connectivity index (χ0) is 14.3. The highest BCUT2D eigenvalue weighted by molar-refractivity contribution is 7.99. The number of ether oxygens (including phenoxy) is 1. The molecule has 1 aliphatic carbocycles. The minimum Gasteiger partial charge on any atom is -0.385 e. The Balaban J connectivity index is 2.52.